The third kappa shape index (κ3) is 3.03. The Hall–Kier alpha value is -1.22. The molecule has 1 aromatic carbocycles. The Morgan fingerprint density at radius 3 is 2.32 bits per heavy atom. The predicted molar refractivity (Wildman–Crippen MR) is 77.9 cm³/mol. The second-order valence-electron chi connectivity index (χ2n) is 5.45. The molecule has 0 aromatic heterocycles. The van der Waals surface area contributed by atoms with Crippen LogP contribution in [0.25, 0.3) is 0 Å². The van der Waals surface area contributed by atoms with Crippen molar-refractivity contribution in [3.63, 3.8) is 0 Å². The van der Waals surface area contributed by atoms with Crippen molar-refractivity contribution in [2.45, 2.75) is 39.7 Å². The zero-order valence-corrected chi connectivity index (χ0v) is 12.5. The summed E-state index contributed by atoms with van der Waals surface area (Å²) < 4.78 is 11.3. The quantitative estimate of drug-likeness (QED) is 0.816. The van der Waals surface area contributed by atoms with E-state index in [1.807, 2.05) is 27.0 Å². The molecule has 0 saturated heterocycles. The molecular formula is C16H25NO2. The van der Waals surface area contributed by atoms with E-state index in [1.54, 1.807) is 0 Å². The molecule has 0 radical (unpaired) electrons. The first kappa shape index (κ1) is 14.2. The smallest absolute Gasteiger partial charge is 0.161 e. The SMILES string of the molecule is CCOc1ccc(C(NC)C2(C)CC2)cc1OCC. The minimum atomic E-state index is 0.391. The lowest BCUT2D eigenvalue weighted by atomic mass is 9.91. The van der Waals surface area contributed by atoms with Crippen molar-refractivity contribution in [1.82, 2.24) is 5.32 Å². The molecule has 1 aliphatic carbocycles. The summed E-state index contributed by atoms with van der Waals surface area (Å²) in [6.07, 6.45) is 2.57. The van der Waals surface area contributed by atoms with Crippen LogP contribution in [0, 0.1) is 5.41 Å². The van der Waals surface area contributed by atoms with Crippen LogP contribution in [0.15, 0.2) is 18.2 Å². The first-order chi connectivity index (χ1) is 9.14. The van der Waals surface area contributed by atoms with Gasteiger partial charge in [-0.25, -0.2) is 0 Å². The molecule has 1 aromatic rings. The Kier molecular flexibility index (Phi) is 4.35. The fourth-order valence-corrected chi connectivity index (χ4v) is 2.65. The van der Waals surface area contributed by atoms with Crippen LogP contribution in [-0.2, 0) is 0 Å². The number of benzene rings is 1. The number of hydrogen-bond donors (Lipinski definition) is 1. The lowest BCUT2D eigenvalue weighted by molar-refractivity contribution is 0.286. The summed E-state index contributed by atoms with van der Waals surface area (Å²) in [6, 6.07) is 6.69. The Labute approximate surface area is 116 Å². The van der Waals surface area contributed by atoms with Crippen LogP contribution in [0.5, 0.6) is 11.5 Å². The number of rotatable bonds is 7. The van der Waals surface area contributed by atoms with Crippen molar-refractivity contribution < 1.29 is 9.47 Å². The second kappa shape index (κ2) is 5.83. The molecule has 1 saturated carbocycles. The average molecular weight is 263 g/mol. The van der Waals surface area contributed by atoms with Gasteiger partial charge in [0.1, 0.15) is 0 Å². The molecule has 0 spiro atoms. The van der Waals surface area contributed by atoms with Gasteiger partial charge >= 0.3 is 0 Å². The summed E-state index contributed by atoms with van der Waals surface area (Å²) in [7, 11) is 2.03. The van der Waals surface area contributed by atoms with E-state index in [0.29, 0.717) is 24.7 Å². The summed E-state index contributed by atoms with van der Waals surface area (Å²) >= 11 is 0. The summed E-state index contributed by atoms with van der Waals surface area (Å²) in [6.45, 7) is 7.65. The third-order valence-corrected chi connectivity index (χ3v) is 3.93. The Morgan fingerprint density at radius 2 is 1.79 bits per heavy atom. The van der Waals surface area contributed by atoms with Crippen LogP contribution in [0.3, 0.4) is 0 Å². The molecule has 106 valence electrons. The van der Waals surface area contributed by atoms with E-state index < -0.39 is 0 Å². The minimum Gasteiger partial charge on any atom is -0.490 e. The van der Waals surface area contributed by atoms with E-state index in [9.17, 15) is 0 Å². The minimum absolute atomic E-state index is 0.391. The van der Waals surface area contributed by atoms with Crippen molar-refractivity contribution in [3.05, 3.63) is 23.8 Å². The van der Waals surface area contributed by atoms with Gasteiger partial charge in [-0.15, -0.1) is 0 Å². The largest absolute Gasteiger partial charge is 0.490 e. The topological polar surface area (TPSA) is 30.5 Å². The lowest BCUT2D eigenvalue weighted by Gasteiger charge is -2.24. The number of nitrogens with one attached hydrogen (secondary N) is 1. The Balaban J connectivity index is 2.28. The van der Waals surface area contributed by atoms with Gasteiger partial charge in [0.05, 0.1) is 13.2 Å². The average Bonchev–Trinajstić information content (AvgIpc) is 3.12. The fraction of sp³-hybridized carbons (Fsp3) is 0.625. The molecular weight excluding hydrogens is 238 g/mol. The van der Waals surface area contributed by atoms with Gasteiger partial charge in [-0.2, -0.15) is 0 Å². The van der Waals surface area contributed by atoms with Gasteiger partial charge in [0.25, 0.3) is 0 Å². The normalized spacial score (nSPS) is 17.9. The van der Waals surface area contributed by atoms with Gasteiger partial charge in [0, 0.05) is 6.04 Å². The van der Waals surface area contributed by atoms with Gasteiger partial charge in [0.15, 0.2) is 11.5 Å². The summed E-state index contributed by atoms with van der Waals surface area (Å²) in [5.41, 5.74) is 1.68. The van der Waals surface area contributed by atoms with Crippen molar-refractivity contribution in [3.8, 4) is 11.5 Å². The van der Waals surface area contributed by atoms with Crippen LogP contribution < -0.4 is 14.8 Å². The molecule has 1 aliphatic rings. The first-order valence-electron chi connectivity index (χ1n) is 7.21. The Morgan fingerprint density at radius 1 is 1.16 bits per heavy atom. The van der Waals surface area contributed by atoms with E-state index in [2.05, 4.69) is 24.4 Å². The highest BCUT2D eigenvalue weighted by atomic mass is 16.5. The molecule has 0 heterocycles. The Bertz CT molecular complexity index is 427. The van der Waals surface area contributed by atoms with Crippen molar-refractivity contribution in [2.75, 3.05) is 20.3 Å². The lowest BCUT2D eigenvalue weighted by Crippen LogP contribution is -2.24. The standard InChI is InChI=1S/C16H25NO2/c1-5-18-13-8-7-12(11-14(13)19-6-2)15(17-4)16(3)9-10-16/h7-8,11,15,17H,5-6,9-10H2,1-4H3. The summed E-state index contributed by atoms with van der Waals surface area (Å²) in [4.78, 5) is 0. The molecule has 2 rings (SSSR count). The van der Waals surface area contributed by atoms with Crippen LogP contribution in [0.4, 0.5) is 0 Å². The molecule has 1 unspecified atom stereocenters. The van der Waals surface area contributed by atoms with E-state index in [4.69, 9.17) is 9.47 Å². The molecule has 1 atom stereocenters. The molecule has 1 fully saturated rings. The highest BCUT2D eigenvalue weighted by Crippen LogP contribution is 2.54. The molecule has 0 bridgehead atoms. The maximum absolute atomic E-state index is 5.71. The van der Waals surface area contributed by atoms with Crippen LogP contribution >= 0.6 is 0 Å². The molecule has 0 aliphatic heterocycles. The molecule has 19 heavy (non-hydrogen) atoms. The van der Waals surface area contributed by atoms with Crippen molar-refractivity contribution in [2.24, 2.45) is 5.41 Å². The van der Waals surface area contributed by atoms with E-state index in [0.717, 1.165) is 11.5 Å². The highest BCUT2D eigenvalue weighted by Gasteiger charge is 2.44. The predicted octanol–water partition coefficient (Wildman–Crippen LogP) is 3.54. The van der Waals surface area contributed by atoms with E-state index >= 15 is 0 Å². The molecule has 1 N–H and O–H groups in total. The maximum Gasteiger partial charge on any atom is 0.161 e. The monoisotopic (exact) mass is 263 g/mol. The number of ether oxygens (including phenoxy) is 2. The third-order valence-electron chi connectivity index (χ3n) is 3.93. The maximum atomic E-state index is 5.71. The van der Waals surface area contributed by atoms with Gasteiger partial charge in [0.2, 0.25) is 0 Å². The second-order valence-corrected chi connectivity index (χ2v) is 5.45. The van der Waals surface area contributed by atoms with Crippen LogP contribution in [0.2, 0.25) is 0 Å². The van der Waals surface area contributed by atoms with Crippen molar-refractivity contribution in [1.29, 1.82) is 0 Å². The van der Waals surface area contributed by atoms with Crippen molar-refractivity contribution >= 4 is 0 Å². The fourth-order valence-electron chi connectivity index (χ4n) is 2.65. The van der Waals surface area contributed by atoms with Gasteiger partial charge in [-0.3, -0.25) is 0 Å². The zero-order chi connectivity index (χ0) is 13.9. The van der Waals surface area contributed by atoms with E-state index in [1.165, 1.54) is 18.4 Å². The van der Waals surface area contributed by atoms with E-state index in [-0.39, 0.29) is 0 Å². The summed E-state index contributed by atoms with van der Waals surface area (Å²) in [5, 5.41) is 3.45. The van der Waals surface area contributed by atoms with Gasteiger partial charge in [-0.1, -0.05) is 13.0 Å². The highest BCUT2D eigenvalue weighted by molar-refractivity contribution is 5.44. The molecule has 3 heteroatoms. The molecule has 0 amide bonds. The van der Waals surface area contributed by atoms with Crippen LogP contribution in [0.1, 0.15) is 45.2 Å². The first-order valence-corrected chi connectivity index (χ1v) is 7.21. The van der Waals surface area contributed by atoms with Gasteiger partial charge < -0.3 is 14.8 Å². The van der Waals surface area contributed by atoms with Crippen LogP contribution in [-0.4, -0.2) is 20.3 Å². The zero-order valence-electron chi connectivity index (χ0n) is 12.5. The number of hydrogen-bond acceptors (Lipinski definition) is 3. The molecule has 3 nitrogen and oxygen atoms in total. The summed E-state index contributed by atoms with van der Waals surface area (Å²) in [5.74, 6) is 1.69. The van der Waals surface area contributed by atoms with Gasteiger partial charge in [-0.05, 0) is 56.8 Å².